The number of rotatable bonds is 2. The average Bonchev–Trinajstić information content (AvgIpc) is 2.04. The van der Waals surface area contributed by atoms with Crippen LogP contribution in [0.1, 0.15) is 12.5 Å². The Kier molecular flexibility index (Phi) is 2.74. The number of hydrogen-bond acceptors (Lipinski definition) is 4. The number of phenolic OH excluding ortho intramolecular Hbond substituents is 2. The van der Waals surface area contributed by atoms with Gasteiger partial charge in [0.1, 0.15) is 11.5 Å². The maximum atomic E-state index is 9.42. The zero-order chi connectivity index (χ0) is 9.84. The van der Waals surface area contributed by atoms with E-state index in [1.807, 2.05) is 0 Å². The van der Waals surface area contributed by atoms with Crippen molar-refractivity contribution in [3.05, 3.63) is 23.8 Å². The molecule has 13 heavy (non-hydrogen) atoms. The predicted molar refractivity (Wildman–Crippen MR) is 51.0 cm³/mol. The van der Waals surface area contributed by atoms with Gasteiger partial charge in [-0.15, -0.1) is 0 Å². The highest BCUT2D eigenvalue weighted by atomic mass is 16.3. The zero-order valence-electron chi connectivity index (χ0n) is 7.57. The van der Waals surface area contributed by atoms with E-state index in [2.05, 4.69) is 10.5 Å². The molecule has 0 radical (unpaired) electrons. The Hall–Kier alpha value is -1.71. The van der Waals surface area contributed by atoms with Crippen LogP contribution in [-0.2, 0) is 0 Å². The van der Waals surface area contributed by atoms with Gasteiger partial charge in [0.25, 0.3) is 0 Å². The second-order valence-corrected chi connectivity index (χ2v) is 2.59. The van der Waals surface area contributed by atoms with E-state index < -0.39 is 0 Å². The fourth-order valence-electron chi connectivity index (χ4n) is 1.12. The van der Waals surface area contributed by atoms with E-state index in [0.717, 1.165) is 0 Å². The summed E-state index contributed by atoms with van der Waals surface area (Å²) in [6, 6.07) is 4.58. The summed E-state index contributed by atoms with van der Waals surface area (Å²) in [6.45, 7) is 1.70. The molecule has 0 spiro atoms. The van der Waals surface area contributed by atoms with Crippen molar-refractivity contribution >= 4 is 5.71 Å². The van der Waals surface area contributed by atoms with Crippen molar-refractivity contribution in [1.29, 1.82) is 0 Å². The molecular weight excluding hydrogens is 168 g/mol. The third kappa shape index (κ3) is 1.90. The molecule has 0 aliphatic rings. The van der Waals surface area contributed by atoms with Gasteiger partial charge in [-0.3, -0.25) is 0 Å². The second kappa shape index (κ2) is 3.80. The van der Waals surface area contributed by atoms with Crippen LogP contribution >= 0.6 is 0 Å². The van der Waals surface area contributed by atoms with Gasteiger partial charge in [-0.1, -0.05) is 6.07 Å². The molecule has 0 bridgehead atoms. The maximum Gasteiger partial charge on any atom is 0.128 e. The van der Waals surface area contributed by atoms with Crippen molar-refractivity contribution in [3.8, 4) is 11.5 Å². The maximum absolute atomic E-state index is 9.42. The minimum atomic E-state index is 0.0245. The quantitative estimate of drug-likeness (QED) is 0.470. The molecule has 1 aromatic carbocycles. The van der Waals surface area contributed by atoms with E-state index in [1.165, 1.54) is 12.1 Å². The van der Waals surface area contributed by atoms with E-state index in [-0.39, 0.29) is 11.5 Å². The Morgan fingerprint density at radius 1 is 1.31 bits per heavy atom. The monoisotopic (exact) mass is 180 g/mol. The molecule has 3 N–H and O–H groups in total. The molecule has 0 aliphatic heterocycles. The third-order valence-corrected chi connectivity index (χ3v) is 1.66. The highest BCUT2D eigenvalue weighted by Crippen LogP contribution is 2.26. The lowest BCUT2D eigenvalue weighted by Gasteiger charge is -2.05. The molecule has 1 rings (SSSR count). The minimum absolute atomic E-state index is 0.0245. The molecule has 4 nitrogen and oxygen atoms in total. The van der Waals surface area contributed by atoms with Crippen LogP contribution in [0, 0.1) is 0 Å². The predicted octanol–water partition coefficient (Wildman–Crippen LogP) is 1.04. The molecule has 0 saturated heterocycles. The number of hydrazone groups is 1. The largest absolute Gasteiger partial charge is 0.507 e. The Labute approximate surface area is 76.5 Å². The highest BCUT2D eigenvalue weighted by Gasteiger charge is 2.09. The summed E-state index contributed by atoms with van der Waals surface area (Å²) in [6.07, 6.45) is 0. The van der Waals surface area contributed by atoms with Gasteiger partial charge in [0.05, 0.1) is 11.3 Å². The fourth-order valence-corrected chi connectivity index (χ4v) is 1.12. The molecule has 1 aromatic rings. The van der Waals surface area contributed by atoms with Gasteiger partial charge < -0.3 is 15.6 Å². The summed E-state index contributed by atoms with van der Waals surface area (Å²) >= 11 is 0. The lowest BCUT2D eigenvalue weighted by Crippen LogP contribution is -2.03. The molecule has 0 aromatic heterocycles. The summed E-state index contributed by atoms with van der Waals surface area (Å²) in [5.74, 6) is 0.0491. The zero-order valence-corrected chi connectivity index (χ0v) is 7.57. The topological polar surface area (TPSA) is 64.9 Å². The normalized spacial score (nSPS) is 11.4. The van der Waals surface area contributed by atoms with Crippen LogP contribution < -0.4 is 5.43 Å². The van der Waals surface area contributed by atoms with Gasteiger partial charge in [0.15, 0.2) is 0 Å². The summed E-state index contributed by atoms with van der Waals surface area (Å²) < 4.78 is 0. The van der Waals surface area contributed by atoms with E-state index >= 15 is 0 Å². The molecule has 0 fully saturated rings. The van der Waals surface area contributed by atoms with E-state index in [0.29, 0.717) is 11.3 Å². The van der Waals surface area contributed by atoms with Crippen LogP contribution in [-0.4, -0.2) is 23.0 Å². The lowest BCUT2D eigenvalue weighted by molar-refractivity contribution is 0.448. The first-order chi connectivity index (χ1) is 6.16. The first-order valence-corrected chi connectivity index (χ1v) is 3.89. The highest BCUT2D eigenvalue weighted by molar-refractivity contribution is 6.03. The Morgan fingerprint density at radius 2 is 1.85 bits per heavy atom. The van der Waals surface area contributed by atoms with Gasteiger partial charge in [-0.25, -0.2) is 0 Å². The van der Waals surface area contributed by atoms with Gasteiger partial charge in [0, 0.05) is 7.05 Å². The van der Waals surface area contributed by atoms with Crippen LogP contribution in [0.15, 0.2) is 23.3 Å². The minimum Gasteiger partial charge on any atom is -0.507 e. The molecule has 70 valence electrons. The van der Waals surface area contributed by atoms with Gasteiger partial charge in [-0.05, 0) is 19.1 Å². The van der Waals surface area contributed by atoms with Crippen molar-refractivity contribution in [2.24, 2.45) is 5.10 Å². The first-order valence-electron chi connectivity index (χ1n) is 3.89. The number of benzene rings is 1. The van der Waals surface area contributed by atoms with Crippen LogP contribution in [0.3, 0.4) is 0 Å². The van der Waals surface area contributed by atoms with Crippen LogP contribution in [0.5, 0.6) is 11.5 Å². The van der Waals surface area contributed by atoms with Crippen molar-refractivity contribution < 1.29 is 10.2 Å². The first kappa shape index (κ1) is 9.38. The fraction of sp³-hybridized carbons (Fsp3) is 0.222. The molecule has 0 heterocycles. The average molecular weight is 180 g/mol. The van der Waals surface area contributed by atoms with E-state index in [9.17, 15) is 10.2 Å². The van der Waals surface area contributed by atoms with Crippen LogP contribution in [0.2, 0.25) is 0 Å². The van der Waals surface area contributed by atoms with Crippen molar-refractivity contribution in [2.75, 3.05) is 7.05 Å². The van der Waals surface area contributed by atoms with Crippen LogP contribution in [0.4, 0.5) is 0 Å². The summed E-state index contributed by atoms with van der Waals surface area (Å²) in [5.41, 5.74) is 3.48. The molecule has 0 unspecified atom stereocenters. The standard InChI is InChI=1S/C9H12N2O2/c1-6(11-10-2)9-7(12)4-3-5-8(9)13/h3-5,10,12-13H,1-2H3/b11-6+. The van der Waals surface area contributed by atoms with E-state index in [4.69, 9.17) is 0 Å². The van der Waals surface area contributed by atoms with Gasteiger partial charge >= 0.3 is 0 Å². The molecule has 0 saturated carbocycles. The van der Waals surface area contributed by atoms with Crippen LogP contribution in [0.25, 0.3) is 0 Å². The molecule has 0 aliphatic carbocycles. The lowest BCUT2D eigenvalue weighted by atomic mass is 10.1. The number of hydrogen-bond donors (Lipinski definition) is 3. The molecule has 0 amide bonds. The van der Waals surface area contributed by atoms with Gasteiger partial charge in [-0.2, -0.15) is 5.10 Å². The van der Waals surface area contributed by atoms with Crippen molar-refractivity contribution in [1.82, 2.24) is 5.43 Å². The third-order valence-electron chi connectivity index (χ3n) is 1.66. The Bertz CT molecular complexity index is 314. The summed E-state index contributed by atoms with van der Waals surface area (Å²) in [4.78, 5) is 0. The Morgan fingerprint density at radius 3 is 2.31 bits per heavy atom. The SMILES string of the molecule is CN/N=C(\C)c1c(O)cccc1O. The molecule has 4 heteroatoms. The van der Waals surface area contributed by atoms with E-state index in [1.54, 1.807) is 20.0 Å². The smallest absolute Gasteiger partial charge is 0.128 e. The second-order valence-electron chi connectivity index (χ2n) is 2.59. The summed E-state index contributed by atoms with van der Waals surface area (Å²) in [7, 11) is 1.65. The van der Waals surface area contributed by atoms with Crippen molar-refractivity contribution in [3.63, 3.8) is 0 Å². The van der Waals surface area contributed by atoms with Gasteiger partial charge in [0.2, 0.25) is 0 Å². The van der Waals surface area contributed by atoms with Crippen molar-refractivity contribution in [2.45, 2.75) is 6.92 Å². The number of phenols is 2. The molecular formula is C9H12N2O2. The number of nitrogens with one attached hydrogen (secondary N) is 1. The molecule has 0 atom stereocenters. The Balaban J connectivity index is 3.20. The number of nitrogens with zero attached hydrogens (tertiary/aromatic N) is 1. The summed E-state index contributed by atoms with van der Waals surface area (Å²) in [5, 5.41) is 22.7. The number of aromatic hydroxyl groups is 2.